The highest BCUT2D eigenvalue weighted by atomic mass is 35.5. The molecule has 0 aromatic rings. The molecule has 0 saturated carbocycles. The van der Waals surface area contributed by atoms with Gasteiger partial charge in [-0.05, 0) is 25.7 Å². The Bertz CT molecular complexity index is 332. The van der Waals surface area contributed by atoms with E-state index >= 15 is 0 Å². The van der Waals surface area contributed by atoms with Gasteiger partial charge in [-0.3, -0.25) is 9.59 Å². The summed E-state index contributed by atoms with van der Waals surface area (Å²) in [6.07, 6.45) is 2.84. The topological polar surface area (TPSA) is 74.6 Å². The van der Waals surface area contributed by atoms with Gasteiger partial charge in [0.2, 0.25) is 0 Å². The third-order valence-corrected chi connectivity index (χ3v) is 3.98. The first-order valence-corrected chi connectivity index (χ1v) is 7.57. The van der Waals surface area contributed by atoms with Gasteiger partial charge in [-0.2, -0.15) is 0 Å². The Labute approximate surface area is 129 Å². The fourth-order valence-electron chi connectivity index (χ4n) is 1.98. The van der Waals surface area contributed by atoms with E-state index in [2.05, 4.69) is 0 Å². The van der Waals surface area contributed by atoms with Crippen LogP contribution in [0.1, 0.15) is 52.4 Å². The second-order valence-electron chi connectivity index (χ2n) is 4.87. The van der Waals surface area contributed by atoms with Gasteiger partial charge in [0.15, 0.2) is 0 Å². The van der Waals surface area contributed by atoms with E-state index in [9.17, 15) is 9.59 Å². The molecule has 0 aliphatic heterocycles. The van der Waals surface area contributed by atoms with Crippen molar-refractivity contribution >= 4 is 35.1 Å². The minimum atomic E-state index is -0.905. The van der Waals surface area contributed by atoms with Crippen molar-refractivity contribution in [2.75, 3.05) is 0 Å². The zero-order valence-corrected chi connectivity index (χ0v) is 13.4. The number of carboxylic acids is 2. The smallest absolute Gasteiger partial charge is 0.306 e. The van der Waals surface area contributed by atoms with Crippen LogP contribution in [0.2, 0.25) is 0 Å². The number of aliphatic carboxylic acids is 2. The summed E-state index contributed by atoms with van der Waals surface area (Å²) in [4.78, 5) is 22.1. The average Bonchev–Trinajstić information content (AvgIpc) is 2.36. The lowest BCUT2D eigenvalue weighted by molar-refractivity contribution is -0.143. The fourth-order valence-corrected chi connectivity index (χ4v) is 2.50. The third kappa shape index (κ3) is 7.15. The van der Waals surface area contributed by atoms with E-state index in [1.54, 1.807) is 0 Å². The van der Waals surface area contributed by atoms with Crippen molar-refractivity contribution in [3.63, 3.8) is 0 Å². The highest BCUT2D eigenvalue weighted by molar-refractivity contribution is 6.39. The van der Waals surface area contributed by atoms with Crippen LogP contribution in [0, 0.1) is 11.8 Å². The van der Waals surface area contributed by atoms with Crippen LogP contribution in [-0.2, 0) is 9.59 Å². The van der Waals surface area contributed by atoms with E-state index in [-0.39, 0.29) is 22.9 Å². The van der Waals surface area contributed by atoms with Crippen LogP contribution in [0.25, 0.3) is 0 Å². The summed E-state index contributed by atoms with van der Waals surface area (Å²) >= 11 is 12.1. The van der Waals surface area contributed by atoms with Gasteiger partial charge in [0, 0.05) is 10.1 Å². The first kappa shape index (κ1) is 19.3. The number of allylic oxidation sites excluding steroid dienone is 2. The molecule has 0 amide bonds. The lowest BCUT2D eigenvalue weighted by atomic mass is 9.96. The minimum Gasteiger partial charge on any atom is -0.481 e. The molecule has 0 saturated heterocycles. The van der Waals surface area contributed by atoms with Crippen LogP contribution < -0.4 is 0 Å². The summed E-state index contributed by atoms with van der Waals surface area (Å²) in [5.41, 5.74) is 0. The molecule has 2 N–H and O–H groups in total. The number of carbonyl (C=O) groups is 2. The SMILES string of the molecule is CCCC(CC(Cl)=C(Cl)CC(CCC)C(=O)O)C(=O)O. The molecule has 0 aromatic heterocycles. The Balaban J connectivity index is 4.78. The number of halogens is 2. The Morgan fingerprint density at radius 3 is 1.35 bits per heavy atom. The molecule has 0 rings (SSSR count). The molecule has 116 valence electrons. The van der Waals surface area contributed by atoms with E-state index in [0.29, 0.717) is 12.8 Å². The van der Waals surface area contributed by atoms with Crippen LogP contribution in [0.4, 0.5) is 0 Å². The van der Waals surface area contributed by atoms with Gasteiger partial charge in [0.1, 0.15) is 0 Å². The third-order valence-electron chi connectivity index (χ3n) is 3.12. The number of hydrogen-bond acceptors (Lipinski definition) is 2. The largest absolute Gasteiger partial charge is 0.481 e. The van der Waals surface area contributed by atoms with Gasteiger partial charge in [-0.25, -0.2) is 0 Å². The summed E-state index contributed by atoms with van der Waals surface area (Å²) in [5, 5.41) is 18.7. The van der Waals surface area contributed by atoms with Gasteiger partial charge >= 0.3 is 11.9 Å². The summed E-state index contributed by atoms with van der Waals surface area (Å²) < 4.78 is 0. The van der Waals surface area contributed by atoms with Crippen molar-refractivity contribution in [2.45, 2.75) is 52.4 Å². The van der Waals surface area contributed by atoms with E-state index in [1.807, 2.05) is 13.8 Å². The molecule has 0 aliphatic rings. The molecular weight excluding hydrogens is 303 g/mol. The molecule has 20 heavy (non-hydrogen) atoms. The lowest BCUT2D eigenvalue weighted by Gasteiger charge is -2.14. The highest BCUT2D eigenvalue weighted by Gasteiger charge is 2.22. The van der Waals surface area contributed by atoms with Gasteiger partial charge in [-0.1, -0.05) is 49.9 Å². The number of carboxylic acid groups (broad SMARTS) is 2. The van der Waals surface area contributed by atoms with Gasteiger partial charge in [0.25, 0.3) is 0 Å². The van der Waals surface area contributed by atoms with Crippen LogP contribution in [0.3, 0.4) is 0 Å². The maximum absolute atomic E-state index is 11.1. The first-order chi connectivity index (χ1) is 9.33. The summed E-state index contributed by atoms with van der Waals surface area (Å²) in [6.45, 7) is 3.80. The molecule has 0 spiro atoms. The fraction of sp³-hybridized carbons (Fsp3) is 0.714. The quantitative estimate of drug-likeness (QED) is 0.622. The molecule has 2 unspecified atom stereocenters. The Hall–Kier alpha value is -0.740. The predicted molar refractivity (Wildman–Crippen MR) is 80.0 cm³/mol. The zero-order valence-electron chi connectivity index (χ0n) is 11.9. The summed E-state index contributed by atoms with van der Waals surface area (Å²) in [5.74, 6) is -2.96. The molecule has 0 radical (unpaired) electrons. The van der Waals surface area contributed by atoms with E-state index in [1.165, 1.54) is 0 Å². The number of rotatable bonds is 10. The van der Waals surface area contributed by atoms with E-state index < -0.39 is 23.8 Å². The predicted octanol–water partition coefficient (Wildman–Crippen LogP) is 4.46. The molecule has 4 nitrogen and oxygen atoms in total. The normalized spacial score (nSPS) is 15.4. The second-order valence-corrected chi connectivity index (χ2v) is 5.78. The van der Waals surface area contributed by atoms with Crippen molar-refractivity contribution in [3.05, 3.63) is 10.1 Å². The van der Waals surface area contributed by atoms with Crippen molar-refractivity contribution < 1.29 is 19.8 Å². The molecule has 0 fully saturated rings. The zero-order chi connectivity index (χ0) is 15.7. The molecule has 0 bridgehead atoms. The minimum absolute atomic E-state index is 0.155. The first-order valence-electron chi connectivity index (χ1n) is 6.82. The summed E-state index contributed by atoms with van der Waals surface area (Å²) in [7, 11) is 0. The van der Waals surface area contributed by atoms with E-state index in [4.69, 9.17) is 33.4 Å². The Morgan fingerprint density at radius 1 is 0.850 bits per heavy atom. The Morgan fingerprint density at radius 2 is 1.15 bits per heavy atom. The summed E-state index contributed by atoms with van der Waals surface area (Å²) in [6, 6.07) is 0. The van der Waals surface area contributed by atoms with Crippen LogP contribution in [0.15, 0.2) is 10.1 Å². The maximum atomic E-state index is 11.1. The van der Waals surface area contributed by atoms with Crippen LogP contribution >= 0.6 is 23.2 Å². The monoisotopic (exact) mass is 324 g/mol. The van der Waals surface area contributed by atoms with Crippen LogP contribution in [0.5, 0.6) is 0 Å². The molecule has 0 heterocycles. The lowest BCUT2D eigenvalue weighted by Crippen LogP contribution is -2.15. The van der Waals surface area contributed by atoms with Gasteiger partial charge < -0.3 is 10.2 Å². The van der Waals surface area contributed by atoms with Crippen LogP contribution in [-0.4, -0.2) is 22.2 Å². The average molecular weight is 325 g/mol. The molecule has 0 aliphatic carbocycles. The standard InChI is InChI=1S/C14H22Cl2O4/c1-3-5-9(13(17)18)7-11(15)12(16)8-10(6-4-2)14(19)20/h9-10H,3-8H2,1-2H3,(H,17,18)(H,19,20). The molecular formula is C14H22Cl2O4. The highest BCUT2D eigenvalue weighted by Crippen LogP contribution is 2.30. The van der Waals surface area contributed by atoms with Crippen molar-refractivity contribution in [1.82, 2.24) is 0 Å². The molecule has 2 atom stereocenters. The van der Waals surface area contributed by atoms with Gasteiger partial charge in [0.05, 0.1) is 11.8 Å². The molecule has 6 heteroatoms. The Kier molecular flexibility index (Phi) is 9.68. The van der Waals surface area contributed by atoms with Gasteiger partial charge in [-0.15, -0.1) is 0 Å². The van der Waals surface area contributed by atoms with Crippen molar-refractivity contribution in [3.8, 4) is 0 Å². The maximum Gasteiger partial charge on any atom is 0.306 e. The van der Waals surface area contributed by atoms with Crippen molar-refractivity contribution in [2.24, 2.45) is 11.8 Å². The van der Waals surface area contributed by atoms with Crippen molar-refractivity contribution in [1.29, 1.82) is 0 Å². The number of hydrogen-bond donors (Lipinski definition) is 2. The van der Waals surface area contributed by atoms with E-state index in [0.717, 1.165) is 12.8 Å². The second kappa shape index (κ2) is 10.1. The molecule has 0 aromatic carbocycles.